The van der Waals surface area contributed by atoms with Crippen LogP contribution in [0.5, 0.6) is 5.75 Å². The molecule has 2 aromatic carbocycles. The molecular weight excluding hydrogens is 411 g/mol. The summed E-state index contributed by atoms with van der Waals surface area (Å²) in [4.78, 5) is 12.6. The predicted octanol–water partition coefficient (Wildman–Crippen LogP) is 4.12. The van der Waals surface area contributed by atoms with Crippen molar-refractivity contribution in [3.63, 3.8) is 0 Å². The highest BCUT2D eigenvalue weighted by atomic mass is 19.4. The molecule has 4 N–H and O–H groups in total. The number of amidine groups is 2. The molecule has 2 heterocycles. The molecular formula is C20H18F3N7O. The summed E-state index contributed by atoms with van der Waals surface area (Å²) in [6.45, 7) is 1.75. The third-order valence-corrected chi connectivity index (χ3v) is 4.35. The molecule has 0 saturated carbocycles. The molecule has 4 rings (SSSR count). The minimum absolute atomic E-state index is 0.149. The highest BCUT2D eigenvalue weighted by Gasteiger charge is 2.30. The highest BCUT2D eigenvalue weighted by molar-refractivity contribution is 5.97. The molecule has 0 radical (unpaired) electrons. The van der Waals surface area contributed by atoms with Crippen LogP contribution < -0.4 is 15.8 Å². The van der Waals surface area contributed by atoms with Gasteiger partial charge in [-0.05, 0) is 49.4 Å². The van der Waals surface area contributed by atoms with Gasteiger partial charge in [0.15, 0.2) is 12.1 Å². The maximum Gasteiger partial charge on any atom is 0.416 e. The van der Waals surface area contributed by atoms with E-state index in [2.05, 4.69) is 30.5 Å². The number of halogens is 3. The van der Waals surface area contributed by atoms with Crippen LogP contribution in [0.3, 0.4) is 0 Å². The van der Waals surface area contributed by atoms with Crippen molar-refractivity contribution in [1.82, 2.24) is 15.2 Å². The lowest BCUT2D eigenvalue weighted by atomic mass is 10.2. The van der Waals surface area contributed by atoms with Crippen LogP contribution in [0.1, 0.15) is 18.9 Å². The van der Waals surface area contributed by atoms with Crippen LogP contribution >= 0.6 is 0 Å². The van der Waals surface area contributed by atoms with Gasteiger partial charge in [0.05, 0.1) is 12.0 Å². The van der Waals surface area contributed by atoms with E-state index in [0.717, 1.165) is 17.7 Å². The summed E-state index contributed by atoms with van der Waals surface area (Å²) in [5, 5.41) is 9.53. The first-order valence-electron chi connectivity index (χ1n) is 9.27. The molecule has 1 atom stereocenters. The van der Waals surface area contributed by atoms with Crippen LogP contribution in [-0.2, 0) is 6.18 Å². The average Bonchev–Trinajstić information content (AvgIpc) is 3.16. The van der Waals surface area contributed by atoms with Gasteiger partial charge in [-0.2, -0.15) is 18.2 Å². The van der Waals surface area contributed by atoms with Gasteiger partial charge < -0.3 is 15.8 Å². The number of H-pyrrole nitrogens is 1. The molecule has 0 amide bonds. The van der Waals surface area contributed by atoms with Crippen LogP contribution in [0.25, 0.3) is 11.4 Å². The number of hydrogen-bond acceptors (Lipinski definition) is 7. The normalized spacial score (nSPS) is 16.5. The molecule has 1 aliphatic heterocycles. The minimum Gasteiger partial charge on any atom is -0.468 e. The Bertz CT molecular complexity index is 1140. The van der Waals surface area contributed by atoms with E-state index in [1.54, 1.807) is 31.2 Å². The van der Waals surface area contributed by atoms with E-state index in [0.29, 0.717) is 29.7 Å². The Labute approximate surface area is 175 Å². The summed E-state index contributed by atoms with van der Waals surface area (Å²) in [6.07, 6.45) is -4.45. The Morgan fingerprint density at radius 2 is 1.94 bits per heavy atom. The number of ether oxygens (including phenoxy) is 1. The lowest BCUT2D eigenvalue weighted by molar-refractivity contribution is -0.137. The highest BCUT2D eigenvalue weighted by Crippen LogP contribution is 2.31. The molecule has 11 heteroatoms. The fourth-order valence-corrected chi connectivity index (χ4v) is 2.98. The Morgan fingerprint density at radius 1 is 1.16 bits per heavy atom. The first-order valence-corrected chi connectivity index (χ1v) is 9.27. The SMILES string of the molecule is CC1=NC(Oc2ccc(-c3nc(Nc4cccc(C(F)(F)F)c4)n[nH]3)cc2)CC(N)=N1. The smallest absolute Gasteiger partial charge is 0.416 e. The number of nitrogens with two attached hydrogens (primary N) is 1. The van der Waals surface area contributed by atoms with Crippen molar-refractivity contribution in [3.8, 4) is 17.1 Å². The van der Waals surface area contributed by atoms with Gasteiger partial charge in [-0.1, -0.05) is 6.07 Å². The van der Waals surface area contributed by atoms with Crippen LogP contribution in [-0.4, -0.2) is 33.1 Å². The molecule has 0 bridgehead atoms. The molecule has 31 heavy (non-hydrogen) atoms. The zero-order valence-electron chi connectivity index (χ0n) is 16.3. The molecule has 0 fully saturated rings. The maximum atomic E-state index is 12.9. The van der Waals surface area contributed by atoms with Crippen molar-refractivity contribution >= 4 is 23.3 Å². The number of nitrogens with zero attached hydrogens (tertiary/aromatic N) is 4. The fraction of sp³-hybridized carbons (Fsp3) is 0.200. The van der Waals surface area contributed by atoms with Crippen molar-refractivity contribution in [2.75, 3.05) is 5.32 Å². The number of anilines is 2. The zero-order valence-corrected chi connectivity index (χ0v) is 16.3. The number of aliphatic imine (C=N–C) groups is 2. The number of alkyl halides is 3. The molecule has 1 unspecified atom stereocenters. The van der Waals surface area contributed by atoms with E-state index >= 15 is 0 Å². The lowest BCUT2D eigenvalue weighted by Gasteiger charge is -2.18. The summed E-state index contributed by atoms with van der Waals surface area (Å²) >= 11 is 0. The van der Waals surface area contributed by atoms with E-state index in [4.69, 9.17) is 10.5 Å². The fourth-order valence-electron chi connectivity index (χ4n) is 2.98. The second kappa shape index (κ2) is 8.09. The summed E-state index contributed by atoms with van der Waals surface area (Å²) in [5.41, 5.74) is 5.96. The van der Waals surface area contributed by atoms with Crippen LogP contribution in [0.4, 0.5) is 24.8 Å². The number of aromatic amines is 1. The number of benzene rings is 2. The standard InChI is InChI=1S/C20H18F3N7O/c1-11-25-16(24)10-17(26-11)31-15-7-5-12(6-8-15)18-28-19(30-29-18)27-14-4-2-3-13(9-14)20(21,22)23/h2-9,17H,10H2,1H3,(H2,24,25,26)(H2,27,28,29,30). The predicted molar refractivity (Wildman–Crippen MR) is 110 cm³/mol. The van der Waals surface area contributed by atoms with Gasteiger partial charge in [-0.25, -0.2) is 9.98 Å². The maximum absolute atomic E-state index is 12.9. The third-order valence-electron chi connectivity index (χ3n) is 4.35. The molecule has 0 aliphatic carbocycles. The molecule has 3 aromatic rings. The number of rotatable bonds is 5. The average molecular weight is 429 g/mol. The summed E-state index contributed by atoms with van der Waals surface area (Å²) in [6, 6.07) is 11.9. The van der Waals surface area contributed by atoms with E-state index in [-0.39, 0.29) is 11.6 Å². The van der Waals surface area contributed by atoms with Crippen LogP contribution in [0.15, 0.2) is 58.5 Å². The molecule has 160 valence electrons. The van der Waals surface area contributed by atoms with Gasteiger partial charge >= 0.3 is 6.18 Å². The van der Waals surface area contributed by atoms with Crippen molar-refractivity contribution in [1.29, 1.82) is 0 Å². The van der Waals surface area contributed by atoms with E-state index in [9.17, 15) is 13.2 Å². The quantitative estimate of drug-likeness (QED) is 0.565. The van der Waals surface area contributed by atoms with Gasteiger partial charge in [-0.15, -0.1) is 5.10 Å². The summed E-state index contributed by atoms with van der Waals surface area (Å²) in [5.74, 6) is 2.23. The van der Waals surface area contributed by atoms with Crippen molar-refractivity contribution in [2.24, 2.45) is 15.7 Å². The first kappa shape index (κ1) is 20.4. The Kier molecular flexibility index (Phi) is 5.32. The molecule has 0 spiro atoms. The number of hydrogen-bond donors (Lipinski definition) is 3. The third kappa shape index (κ3) is 5.00. The van der Waals surface area contributed by atoms with Crippen molar-refractivity contribution < 1.29 is 17.9 Å². The van der Waals surface area contributed by atoms with E-state index < -0.39 is 18.0 Å². The molecule has 1 aliphatic rings. The summed E-state index contributed by atoms with van der Waals surface area (Å²) < 4.78 is 44.4. The van der Waals surface area contributed by atoms with Crippen LogP contribution in [0.2, 0.25) is 0 Å². The lowest BCUT2D eigenvalue weighted by Crippen LogP contribution is -2.28. The Hall–Kier alpha value is -3.89. The topological polar surface area (TPSA) is 114 Å². The number of nitrogens with one attached hydrogen (secondary N) is 2. The van der Waals surface area contributed by atoms with Gasteiger partial charge in [0.2, 0.25) is 5.95 Å². The van der Waals surface area contributed by atoms with E-state index in [1.807, 2.05) is 0 Å². The van der Waals surface area contributed by atoms with Gasteiger partial charge in [0, 0.05) is 11.3 Å². The Morgan fingerprint density at radius 3 is 2.65 bits per heavy atom. The second-order valence-electron chi connectivity index (χ2n) is 6.79. The Balaban J connectivity index is 1.43. The van der Waals surface area contributed by atoms with Gasteiger partial charge in [0.25, 0.3) is 0 Å². The molecule has 8 nitrogen and oxygen atoms in total. The second-order valence-corrected chi connectivity index (χ2v) is 6.79. The van der Waals surface area contributed by atoms with Gasteiger partial charge in [-0.3, -0.25) is 5.10 Å². The van der Waals surface area contributed by atoms with E-state index in [1.165, 1.54) is 12.1 Å². The molecule has 0 saturated heterocycles. The van der Waals surface area contributed by atoms with Crippen molar-refractivity contribution in [3.05, 3.63) is 54.1 Å². The van der Waals surface area contributed by atoms with Crippen LogP contribution in [0, 0.1) is 0 Å². The van der Waals surface area contributed by atoms with Gasteiger partial charge in [0.1, 0.15) is 17.4 Å². The zero-order chi connectivity index (χ0) is 22.0. The summed E-state index contributed by atoms with van der Waals surface area (Å²) in [7, 11) is 0. The monoisotopic (exact) mass is 429 g/mol. The van der Waals surface area contributed by atoms with Crippen molar-refractivity contribution in [2.45, 2.75) is 25.7 Å². The largest absolute Gasteiger partial charge is 0.468 e. The molecule has 1 aromatic heterocycles. The first-order chi connectivity index (χ1) is 14.8. The number of aromatic nitrogens is 3. The minimum atomic E-state index is -4.42.